The molecule has 0 bridgehead atoms. The number of amides is 1. The number of hydrogen-bond acceptors (Lipinski definition) is 5. The molecule has 1 N–H and O–H groups in total. The number of halogens is 1. The molecule has 4 aromatic rings. The number of nitrogens with zero attached hydrogens (tertiary/aromatic N) is 3. The largest absolute Gasteiger partial charge is 0.488 e. The normalized spacial score (nSPS) is 11.0. The Hall–Kier alpha value is -3.58. The maximum absolute atomic E-state index is 12.3. The first kappa shape index (κ1) is 19.7. The van der Waals surface area contributed by atoms with Gasteiger partial charge in [-0.25, -0.2) is 10.4 Å². The smallest absolute Gasteiger partial charge is 0.291 e. The van der Waals surface area contributed by atoms with E-state index in [0.29, 0.717) is 17.9 Å². The fraction of sp³-hybridized carbons (Fsp3) is 0.0435. The van der Waals surface area contributed by atoms with Gasteiger partial charge in [0, 0.05) is 10.0 Å². The minimum absolute atomic E-state index is 0.200. The van der Waals surface area contributed by atoms with Crippen LogP contribution in [-0.4, -0.2) is 22.1 Å². The van der Waals surface area contributed by atoms with Gasteiger partial charge < -0.3 is 4.74 Å². The van der Waals surface area contributed by atoms with Crippen LogP contribution >= 0.6 is 15.9 Å². The molecule has 0 spiro atoms. The summed E-state index contributed by atoms with van der Waals surface area (Å²) in [4.78, 5) is 20.9. The standard InChI is InChI=1S/C23H17BrN4O2/c24-18-11-9-16(10-12-18)15-30-22-8-4-1-5-17(22)13-26-28-23(29)21-14-25-19-6-2-3-7-20(19)27-21/h1-14H,15H2,(H,28,29)/b26-13+. The van der Waals surface area contributed by atoms with Gasteiger partial charge in [0.05, 0.1) is 23.4 Å². The second-order valence-corrected chi connectivity index (χ2v) is 7.31. The van der Waals surface area contributed by atoms with E-state index >= 15 is 0 Å². The Kier molecular flexibility index (Phi) is 6.10. The molecule has 0 atom stereocenters. The van der Waals surface area contributed by atoms with Crippen LogP contribution in [0.1, 0.15) is 21.6 Å². The molecule has 6 nitrogen and oxygen atoms in total. The maximum Gasteiger partial charge on any atom is 0.291 e. The number of fused-ring (bicyclic) bond motifs is 1. The third kappa shape index (κ3) is 4.87. The maximum atomic E-state index is 12.3. The highest BCUT2D eigenvalue weighted by Gasteiger charge is 2.08. The molecule has 1 amide bonds. The van der Waals surface area contributed by atoms with Gasteiger partial charge in [0.1, 0.15) is 18.1 Å². The molecule has 30 heavy (non-hydrogen) atoms. The van der Waals surface area contributed by atoms with Crippen LogP contribution in [0.15, 0.2) is 88.6 Å². The fourth-order valence-corrected chi connectivity index (χ4v) is 3.01. The number of hydrazone groups is 1. The molecule has 0 aliphatic heterocycles. The first-order valence-corrected chi connectivity index (χ1v) is 10.00. The molecule has 0 unspecified atom stereocenters. The van der Waals surface area contributed by atoms with E-state index in [9.17, 15) is 4.79 Å². The van der Waals surface area contributed by atoms with Crippen molar-refractivity contribution < 1.29 is 9.53 Å². The van der Waals surface area contributed by atoms with E-state index in [-0.39, 0.29) is 5.69 Å². The van der Waals surface area contributed by atoms with Crippen molar-refractivity contribution in [2.24, 2.45) is 5.10 Å². The first-order valence-electron chi connectivity index (χ1n) is 9.20. The summed E-state index contributed by atoms with van der Waals surface area (Å²) >= 11 is 3.42. The zero-order valence-corrected chi connectivity index (χ0v) is 17.4. The van der Waals surface area contributed by atoms with Gasteiger partial charge in [-0.15, -0.1) is 0 Å². The van der Waals surface area contributed by atoms with Gasteiger partial charge in [-0.1, -0.05) is 52.3 Å². The SMILES string of the molecule is O=C(N/N=C/c1ccccc1OCc1ccc(Br)cc1)c1cnc2ccccc2n1. The topological polar surface area (TPSA) is 76.5 Å². The summed E-state index contributed by atoms with van der Waals surface area (Å²) in [7, 11) is 0. The minimum Gasteiger partial charge on any atom is -0.488 e. The number of aromatic nitrogens is 2. The zero-order chi connectivity index (χ0) is 20.8. The van der Waals surface area contributed by atoms with Crippen LogP contribution in [0.25, 0.3) is 11.0 Å². The fourth-order valence-electron chi connectivity index (χ4n) is 2.74. The molecule has 4 rings (SSSR count). The van der Waals surface area contributed by atoms with Gasteiger partial charge in [-0.2, -0.15) is 5.10 Å². The minimum atomic E-state index is -0.433. The van der Waals surface area contributed by atoms with Gasteiger partial charge >= 0.3 is 0 Å². The van der Waals surface area contributed by atoms with Gasteiger partial charge in [-0.05, 0) is 42.0 Å². The lowest BCUT2D eigenvalue weighted by Gasteiger charge is -2.09. The van der Waals surface area contributed by atoms with E-state index in [1.54, 1.807) is 12.3 Å². The van der Waals surface area contributed by atoms with Crippen molar-refractivity contribution in [3.05, 3.63) is 100 Å². The average Bonchev–Trinajstić information content (AvgIpc) is 2.79. The third-order valence-electron chi connectivity index (χ3n) is 4.28. The number of benzene rings is 3. The number of carbonyl (C=O) groups excluding carboxylic acids is 1. The quantitative estimate of drug-likeness (QED) is 0.333. The predicted octanol–water partition coefficient (Wildman–Crippen LogP) is 4.74. The van der Waals surface area contributed by atoms with Crippen LogP contribution in [-0.2, 0) is 6.61 Å². The van der Waals surface area contributed by atoms with Crippen LogP contribution < -0.4 is 10.2 Å². The molecule has 0 aliphatic rings. The Morgan fingerprint density at radius 1 is 1.00 bits per heavy atom. The van der Waals surface area contributed by atoms with Crippen molar-refractivity contribution in [2.75, 3.05) is 0 Å². The summed E-state index contributed by atoms with van der Waals surface area (Å²) in [5.41, 5.74) is 5.87. The summed E-state index contributed by atoms with van der Waals surface area (Å²) < 4.78 is 6.93. The van der Waals surface area contributed by atoms with Gasteiger partial charge in [0.25, 0.3) is 5.91 Å². The van der Waals surface area contributed by atoms with E-state index in [4.69, 9.17) is 4.74 Å². The Morgan fingerprint density at radius 3 is 2.57 bits per heavy atom. The van der Waals surface area contributed by atoms with E-state index in [1.165, 1.54) is 6.20 Å². The van der Waals surface area contributed by atoms with E-state index in [0.717, 1.165) is 21.1 Å². The third-order valence-corrected chi connectivity index (χ3v) is 4.81. The molecular formula is C23H17BrN4O2. The Morgan fingerprint density at radius 2 is 1.73 bits per heavy atom. The molecule has 1 heterocycles. The lowest BCUT2D eigenvalue weighted by molar-refractivity contribution is 0.0950. The summed E-state index contributed by atoms with van der Waals surface area (Å²) in [6, 6.07) is 22.8. The average molecular weight is 461 g/mol. The lowest BCUT2D eigenvalue weighted by Crippen LogP contribution is -2.19. The molecule has 148 valence electrons. The number of ether oxygens (including phenoxy) is 1. The van der Waals surface area contributed by atoms with Gasteiger partial charge in [-0.3, -0.25) is 9.78 Å². The Balaban J connectivity index is 1.42. The highest BCUT2D eigenvalue weighted by molar-refractivity contribution is 9.10. The summed E-state index contributed by atoms with van der Waals surface area (Å²) in [5.74, 6) is 0.238. The van der Waals surface area contributed by atoms with E-state index < -0.39 is 5.91 Å². The predicted molar refractivity (Wildman–Crippen MR) is 120 cm³/mol. The number of nitrogens with one attached hydrogen (secondary N) is 1. The van der Waals surface area contributed by atoms with Crippen molar-refractivity contribution >= 4 is 39.1 Å². The molecule has 0 aliphatic carbocycles. The molecule has 7 heteroatoms. The molecule has 0 saturated heterocycles. The Labute approximate surface area is 181 Å². The van der Waals surface area contributed by atoms with Crippen molar-refractivity contribution in [1.29, 1.82) is 0 Å². The van der Waals surface area contributed by atoms with Crippen molar-refractivity contribution in [1.82, 2.24) is 15.4 Å². The van der Waals surface area contributed by atoms with Crippen molar-refractivity contribution in [3.63, 3.8) is 0 Å². The summed E-state index contributed by atoms with van der Waals surface area (Å²) in [6.07, 6.45) is 2.98. The highest BCUT2D eigenvalue weighted by atomic mass is 79.9. The Bertz CT molecular complexity index is 1210. The number of hydrogen-bond donors (Lipinski definition) is 1. The van der Waals surface area contributed by atoms with Crippen LogP contribution in [0.5, 0.6) is 5.75 Å². The van der Waals surface area contributed by atoms with Gasteiger partial charge in [0.15, 0.2) is 0 Å². The molecule has 0 fully saturated rings. The molecule has 1 aromatic heterocycles. The number of para-hydroxylation sites is 3. The summed E-state index contributed by atoms with van der Waals surface area (Å²) in [6.45, 7) is 0.428. The molecule has 0 saturated carbocycles. The van der Waals surface area contributed by atoms with Crippen molar-refractivity contribution in [3.8, 4) is 5.75 Å². The molecular weight excluding hydrogens is 444 g/mol. The number of carbonyl (C=O) groups is 1. The monoisotopic (exact) mass is 460 g/mol. The van der Waals surface area contributed by atoms with Crippen LogP contribution in [0, 0.1) is 0 Å². The second kappa shape index (κ2) is 9.28. The molecule has 0 radical (unpaired) electrons. The zero-order valence-electron chi connectivity index (χ0n) is 15.8. The highest BCUT2D eigenvalue weighted by Crippen LogP contribution is 2.18. The lowest BCUT2D eigenvalue weighted by atomic mass is 10.2. The second-order valence-electron chi connectivity index (χ2n) is 6.40. The van der Waals surface area contributed by atoms with Crippen molar-refractivity contribution in [2.45, 2.75) is 6.61 Å². The van der Waals surface area contributed by atoms with E-state index in [2.05, 4.69) is 36.4 Å². The van der Waals surface area contributed by atoms with Crippen LogP contribution in [0.3, 0.4) is 0 Å². The molecule has 3 aromatic carbocycles. The van der Waals surface area contributed by atoms with Crippen LogP contribution in [0.2, 0.25) is 0 Å². The van der Waals surface area contributed by atoms with Gasteiger partial charge in [0.2, 0.25) is 0 Å². The first-order chi connectivity index (χ1) is 14.7. The number of rotatable bonds is 6. The summed E-state index contributed by atoms with van der Waals surface area (Å²) in [5, 5.41) is 4.05. The van der Waals surface area contributed by atoms with E-state index in [1.807, 2.05) is 66.7 Å². The van der Waals surface area contributed by atoms with Crippen LogP contribution in [0.4, 0.5) is 0 Å².